The lowest BCUT2D eigenvalue weighted by Gasteiger charge is -2.21. The zero-order valence-electron chi connectivity index (χ0n) is 10.6. The molecule has 2 nitrogen and oxygen atoms in total. The van der Waals surface area contributed by atoms with Crippen LogP contribution in [0.15, 0.2) is 24.3 Å². The number of hydrogen-bond donors (Lipinski definition) is 1. The molecule has 1 aliphatic rings. The van der Waals surface area contributed by atoms with E-state index in [0.29, 0.717) is 0 Å². The van der Waals surface area contributed by atoms with Crippen molar-refractivity contribution in [3.8, 4) is 0 Å². The number of hydrogen-bond acceptors (Lipinski definition) is 3. The molecule has 2 rings (SSSR count). The fourth-order valence-electron chi connectivity index (χ4n) is 2.27. The minimum Gasteiger partial charge on any atom is -0.316 e. The molecule has 1 heterocycles. The quantitative estimate of drug-likeness (QED) is 0.883. The second-order valence-electron chi connectivity index (χ2n) is 4.54. The normalized spacial score (nSPS) is 17.9. The number of benzene rings is 1. The SMILES string of the molecule is CNCc1ccccc1CN1CCCSCC1. The van der Waals surface area contributed by atoms with Gasteiger partial charge in [0.2, 0.25) is 0 Å². The van der Waals surface area contributed by atoms with Crippen LogP contribution in [0.2, 0.25) is 0 Å². The van der Waals surface area contributed by atoms with Crippen molar-refractivity contribution in [2.75, 3.05) is 31.6 Å². The molecule has 1 N–H and O–H groups in total. The van der Waals surface area contributed by atoms with Gasteiger partial charge in [-0.2, -0.15) is 11.8 Å². The Hall–Kier alpha value is -0.510. The van der Waals surface area contributed by atoms with Crippen molar-refractivity contribution in [1.29, 1.82) is 0 Å². The predicted octanol–water partition coefficient (Wildman–Crippen LogP) is 2.34. The van der Waals surface area contributed by atoms with E-state index in [1.807, 2.05) is 7.05 Å². The zero-order chi connectivity index (χ0) is 11.9. The van der Waals surface area contributed by atoms with E-state index in [1.165, 1.54) is 42.1 Å². The molecule has 1 fully saturated rings. The maximum Gasteiger partial charge on any atom is 0.0237 e. The van der Waals surface area contributed by atoms with Crippen molar-refractivity contribution < 1.29 is 0 Å². The van der Waals surface area contributed by atoms with Crippen LogP contribution in [0.1, 0.15) is 17.5 Å². The van der Waals surface area contributed by atoms with Gasteiger partial charge in [0.1, 0.15) is 0 Å². The average Bonchev–Trinajstić information content (AvgIpc) is 2.61. The number of thioether (sulfide) groups is 1. The fourth-order valence-corrected chi connectivity index (χ4v) is 3.20. The third-order valence-corrected chi connectivity index (χ3v) is 4.24. The molecule has 3 heteroatoms. The van der Waals surface area contributed by atoms with E-state index < -0.39 is 0 Å². The highest BCUT2D eigenvalue weighted by Gasteiger charge is 2.11. The standard InChI is InChI=1S/C14H22N2S/c1-15-11-13-5-2-3-6-14(13)12-16-7-4-9-17-10-8-16/h2-3,5-6,15H,4,7-12H2,1H3. The highest BCUT2D eigenvalue weighted by molar-refractivity contribution is 7.99. The van der Waals surface area contributed by atoms with Gasteiger partial charge >= 0.3 is 0 Å². The Morgan fingerprint density at radius 1 is 1.18 bits per heavy atom. The lowest BCUT2D eigenvalue weighted by Crippen LogP contribution is -2.26. The van der Waals surface area contributed by atoms with E-state index in [4.69, 9.17) is 0 Å². The first kappa shape index (κ1) is 12.9. The second kappa shape index (κ2) is 7.04. The minimum absolute atomic E-state index is 0.971. The predicted molar refractivity (Wildman–Crippen MR) is 76.4 cm³/mol. The summed E-state index contributed by atoms with van der Waals surface area (Å²) >= 11 is 2.09. The monoisotopic (exact) mass is 250 g/mol. The van der Waals surface area contributed by atoms with Gasteiger partial charge < -0.3 is 5.32 Å². The van der Waals surface area contributed by atoms with Crippen molar-refractivity contribution in [1.82, 2.24) is 10.2 Å². The molecule has 0 spiro atoms. The van der Waals surface area contributed by atoms with Gasteiger partial charge in [-0.25, -0.2) is 0 Å². The Balaban J connectivity index is 2.00. The molecule has 1 aromatic carbocycles. The highest BCUT2D eigenvalue weighted by Crippen LogP contribution is 2.15. The molecule has 1 saturated heterocycles. The summed E-state index contributed by atoms with van der Waals surface area (Å²) in [6, 6.07) is 8.79. The minimum atomic E-state index is 0.971. The first-order valence-corrected chi connectivity index (χ1v) is 7.57. The van der Waals surface area contributed by atoms with Gasteiger partial charge in [-0.3, -0.25) is 4.90 Å². The van der Waals surface area contributed by atoms with Crippen molar-refractivity contribution in [3.63, 3.8) is 0 Å². The molecule has 0 bridgehead atoms. The number of nitrogens with one attached hydrogen (secondary N) is 1. The van der Waals surface area contributed by atoms with Crippen LogP contribution in [0.5, 0.6) is 0 Å². The Morgan fingerprint density at radius 3 is 2.82 bits per heavy atom. The maximum atomic E-state index is 3.25. The molecule has 0 atom stereocenters. The van der Waals surface area contributed by atoms with Gasteiger partial charge in [0.25, 0.3) is 0 Å². The van der Waals surface area contributed by atoms with E-state index >= 15 is 0 Å². The molecule has 0 aromatic heterocycles. The Kier molecular flexibility index (Phi) is 5.36. The summed E-state index contributed by atoms with van der Waals surface area (Å²) in [6.45, 7) is 4.57. The maximum absolute atomic E-state index is 3.25. The van der Waals surface area contributed by atoms with E-state index in [1.54, 1.807) is 0 Å². The molecule has 0 radical (unpaired) electrons. The van der Waals surface area contributed by atoms with Gasteiger partial charge in [0.15, 0.2) is 0 Å². The van der Waals surface area contributed by atoms with E-state index in [0.717, 1.165) is 13.1 Å². The second-order valence-corrected chi connectivity index (χ2v) is 5.77. The smallest absolute Gasteiger partial charge is 0.0237 e. The van der Waals surface area contributed by atoms with Crippen molar-refractivity contribution in [2.24, 2.45) is 0 Å². The third-order valence-electron chi connectivity index (χ3n) is 3.19. The van der Waals surface area contributed by atoms with Crippen LogP contribution in [0, 0.1) is 0 Å². The lowest BCUT2D eigenvalue weighted by atomic mass is 10.1. The molecular weight excluding hydrogens is 228 g/mol. The van der Waals surface area contributed by atoms with Crippen molar-refractivity contribution in [3.05, 3.63) is 35.4 Å². The topological polar surface area (TPSA) is 15.3 Å². The van der Waals surface area contributed by atoms with E-state index in [2.05, 4.69) is 46.2 Å². The summed E-state index contributed by atoms with van der Waals surface area (Å²) in [7, 11) is 2.01. The highest BCUT2D eigenvalue weighted by atomic mass is 32.2. The molecule has 0 amide bonds. The molecule has 17 heavy (non-hydrogen) atoms. The number of rotatable bonds is 4. The Bertz CT molecular complexity index is 333. The van der Waals surface area contributed by atoms with Crippen LogP contribution in [-0.2, 0) is 13.1 Å². The van der Waals surface area contributed by atoms with Gasteiger partial charge in [-0.05, 0) is 36.9 Å². The first-order valence-electron chi connectivity index (χ1n) is 6.41. The molecule has 0 unspecified atom stereocenters. The van der Waals surface area contributed by atoms with E-state index in [9.17, 15) is 0 Å². The number of nitrogens with zero attached hydrogens (tertiary/aromatic N) is 1. The molecule has 1 aromatic rings. The van der Waals surface area contributed by atoms with Crippen LogP contribution in [-0.4, -0.2) is 36.5 Å². The molecule has 1 aliphatic heterocycles. The summed E-state index contributed by atoms with van der Waals surface area (Å²) in [5.41, 5.74) is 2.92. The molecule has 94 valence electrons. The van der Waals surface area contributed by atoms with Crippen LogP contribution in [0.25, 0.3) is 0 Å². The van der Waals surface area contributed by atoms with Crippen molar-refractivity contribution in [2.45, 2.75) is 19.5 Å². The van der Waals surface area contributed by atoms with Gasteiger partial charge in [0, 0.05) is 25.4 Å². The van der Waals surface area contributed by atoms with Crippen LogP contribution < -0.4 is 5.32 Å². The van der Waals surface area contributed by atoms with Gasteiger partial charge in [-0.1, -0.05) is 24.3 Å². The largest absolute Gasteiger partial charge is 0.316 e. The first-order chi connectivity index (χ1) is 8.40. The fraction of sp³-hybridized carbons (Fsp3) is 0.571. The Morgan fingerprint density at radius 2 is 2.00 bits per heavy atom. The summed E-state index contributed by atoms with van der Waals surface area (Å²) < 4.78 is 0. The Labute approximate surface area is 109 Å². The average molecular weight is 250 g/mol. The summed E-state index contributed by atoms with van der Waals surface area (Å²) in [5, 5.41) is 3.25. The van der Waals surface area contributed by atoms with Crippen LogP contribution >= 0.6 is 11.8 Å². The third kappa shape index (κ3) is 4.02. The lowest BCUT2D eigenvalue weighted by molar-refractivity contribution is 0.286. The summed E-state index contributed by atoms with van der Waals surface area (Å²) in [5.74, 6) is 2.61. The summed E-state index contributed by atoms with van der Waals surface area (Å²) in [4.78, 5) is 2.59. The zero-order valence-corrected chi connectivity index (χ0v) is 11.4. The van der Waals surface area contributed by atoms with Gasteiger partial charge in [0.05, 0.1) is 0 Å². The van der Waals surface area contributed by atoms with Crippen LogP contribution in [0.4, 0.5) is 0 Å². The molecular formula is C14H22N2S. The molecule has 0 saturated carbocycles. The molecule has 0 aliphatic carbocycles. The summed E-state index contributed by atoms with van der Waals surface area (Å²) in [6.07, 6.45) is 1.33. The van der Waals surface area contributed by atoms with Crippen LogP contribution in [0.3, 0.4) is 0 Å². The van der Waals surface area contributed by atoms with Crippen molar-refractivity contribution >= 4 is 11.8 Å². The van der Waals surface area contributed by atoms with E-state index in [-0.39, 0.29) is 0 Å². The van der Waals surface area contributed by atoms with Gasteiger partial charge in [-0.15, -0.1) is 0 Å².